The highest BCUT2D eigenvalue weighted by Gasteiger charge is 2.13. The summed E-state index contributed by atoms with van der Waals surface area (Å²) in [5, 5.41) is 4.29. The van der Waals surface area contributed by atoms with Crippen molar-refractivity contribution in [1.82, 2.24) is 14.6 Å². The van der Waals surface area contributed by atoms with Crippen molar-refractivity contribution in [2.24, 2.45) is 0 Å². The van der Waals surface area contributed by atoms with Gasteiger partial charge in [0.05, 0.1) is 17.7 Å². The van der Waals surface area contributed by atoms with Crippen LogP contribution in [0.2, 0.25) is 0 Å². The fourth-order valence-electron chi connectivity index (χ4n) is 3.37. The quantitative estimate of drug-likeness (QED) is 0.352. The highest BCUT2D eigenvalue weighted by molar-refractivity contribution is 7.15. The first kappa shape index (κ1) is 22.7. The van der Waals surface area contributed by atoms with Gasteiger partial charge in [-0.05, 0) is 37.1 Å². The lowest BCUT2D eigenvalue weighted by molar-refractivity contribution is 0.271. The summed E-state index contributed by atoms with van der Waals surface area (Å²) in [6.45, 7) is 5.20. The molecule has 0 aliphatic heterocycles. The molecule has 4 rings (SSSR count). The maximum atomic E-state index is 13.0. The SMILES string of the molecule is CCCCCOc1ccc(C=c2sc3nc(=O)c(-c4ccccc4)nn3c2=O)cc1OCC. The predicted octanol–water partition coefficient (Wildman–Crippen LogP) is 3.69. The molecule has 0 atom stereocenters. The van der Waals surface area contributed by atoms with E-state index in [1.54, 1.807) is 18.2 Å². The van der Waals surface area contributed by atoms with E-state index in [1.807, 2.05) is 43.3 Å². The molecule has 0 saturated heterocycles. The molecule has 0 N–H and O–H groups in total. The number of unbranched alkanes of at least 4 members (excludes halogenated alkanes) is 2. The minimum absolute atomic E-state index is 0.151. The van der Waals surface area contributed by atoms with Crippen LogP contribution in [0.5, 0.6) is 11.5 Å². The minimum Gasteiger partial charge on any atom is -0.490 e. The molecule has 0 aliphatic carbocycles. The van der Waals surface area contributed by atoms with Crippen LogP contribution in [-0.4, -0.2) is 27.8 Å². The minimum atomic E-state index is -0.461. The van der Waals surface area contributed by atoms with Gasteiger partial charge in [-0.2, -0.15) is 14.6 Å². The number of hydrogen-bond donors (Lipinski definition) is 0. The number of thiazole rings is 1. The fourth-order valence-corrected chi connectivity index (χ4v) is 4.28. The summed E-state index contributed by atoms with van der Waals surface area (Å²) < 4.78 is 13.3. The van der Waals surface area contributed by atoms with E-state index in [2.05, 4.69) is 17.0 Å². The summed E-state index contributed by atoms with van der Waals surface area (Å²) in [7, 11) is 0. The van der Waals surface area contributed by atoms with E-state index in [0.717, 1.165) is 36.2 Å². The monoisotopic (exact) mass is 463 g/mol. The number of benzene rings is 2. The Kier molecular flexibility index (Phi) is 7.14. The summed E-state index contributed by atoms with van der Waals surface area (Å²) >= 11 is 1.13. The molecule has 8 heteroatoms. The maximum Gasteiger partial charge on any atom is 0.300 e. The summed E-state index contributed by atoms with van der Waals surface area (Å²) in [6, 6.07) is 14.6. The zero-order valence-electron chi connectivity index (χ0n) is 18.6. The topological polar surface area (TPSA) is 82.8 Å². The van der Waals surface area contributed by atoms with Gasteiger partial charge in [0.1, 0.15) is 0 Å². The fraction of sp³-hybridized carbons (Fsp3) is 0.280. The molecule has 0 fully saturated rings. The van der Waals surface area contributed by atoms with Crippen molar-refractivity contribution in [1.29, 1.82) is 0 Å². The van der Waals surface area contributed by atoms with Gasteiger partial charge in [-0.3, -0.25) is 9.59 Å². The molecule has 0 saturated carbocycles. The molecule has 0 spiro atoms. The number of nitrogens with zero attached hydrogens (tertiary/aromatic N) is 3. The van der Waals surface area contributed by atoms with Gasteiger partial charge in [0, 0.05) is 5.56 Å². The van der Waals surface area contributed by atoms with E-state index in [1.165, 1.54) is 4.52 Å². The zero-order valence-corrected chi connectivity index (χ0v) is 19.4. The van der Waals surface area contributed by atoms with Crippen molar-refractivity contribution in [3.63, 3.8) is 0 Å². The normalized spacial score (nSPS) is 11.8. The Morgan fingerprint density at radius 3 is 2.58 bits per heavy atom. The van der Waals surface area contributed by atoms with Crippen molar-refractivity contribution < 1.29 is 9.47 Å². The number of ether oxygens (including phenoxy) is 2. The summed E-state index contributed by atoms with van der Waals surface area (Å²) in [6.07, 6.45) is 4.98. The van der Waals surface area contributed by atoms with E-state index in [-0.39, 0.29) is 16.2 Å². The third-order valence-corrected chi connectivity index (χ3v) is 5.96. The van der Waals surface area contributed by atoms with Crippen LogP contribution in [0, 0.1) is 0 Å². The van der Waals surface area contributed by atoms with Gasteiger partial charge < -0.3 is 9.47 Å². The Balaban J connectivity index is 1.71. The molecule has 2 aromatic heterocycles. The Labute approximate surface area is 195 Å². The van der Waals surface area contributed by atoms with Gasteiger partial charge in [0.15, 0.2) is 17.2 Å². The summed E-state index contributed by atoms with van der Waals surface area (Å²) in [5.41, 5.74) is 0.776. The van der Waals surface area contributed by atoms with Gasteiger partial charge in [-0.25, -0.2) is 0 Å². The van der Waals surface area contributed by atoms with Crippen molar-refractivity contribution in [2.45, 2.75) is 33.1 Å². The van der Waals surface area contributed by atoms with Crippen molar-refractivity contribution in [3.8, 4) is 22.8 Å². The molecule has 4 aromatic rings. The first-order valence-corrected chi connectivity index (χ1v) is 11.8. The van der Waals surface area contributed by atoms with Crippen LogP contribution in [0.25, 0.3) is 22.3 Å². The van der Waals surface area contributed by atoms with Crippen molar-refractivity contribution in [2.75, 3.05) is 13.2 Å². The largest absolute Gasteiger partial charge is 0.490 e. The number of hydrogen-bond acceptors (Lipinski definition) is 7. The standard InChI is InChI=1S/C25H25N3O4S/c1-3-5-9-14-32-19-13-12-17(15-20(19)31-4-2)16-21-24(30)28-25(33-21)26-23(29)22(27-28)18-10-7-6-8-11-18/h6-8,10-13,15-16H,3-5,9,14H2,1-2H3. The van der Waals surface area contributed by atoms with E-state index >= 15 is 0 Å². The average Bonchev–Trinajstić information content (AvgIpc) is 3.12. The number of aromatic nitrogens is 3. The molecule has 0 amide bonds. The average molecular weight is 464 g/mol. The third kappa shape index (κ3) is 5.12. The van der Waals surface area contributed by atoms with Crippen LogP contribution >= 0.6 is 11.3 Å². The Hall–Kier alpha value is -3.52. The number of fused-ring (bicyclic) bond motifs is 1. The van der Waals surface area contributed by atoms with Gasteiger partial charge in [-0.1, -0.05) is 67.5 Å². The molecular formula is C25H25N3O4S. The summed E-state index contributed by atoms with van der Waals surface area (Å²) in [4.78, 5) is 29.8. The van der Waals surface area contributed by atoms with Crippen molar-refractivity contribution >= 4 is 22.4 Å². The first-order chi connectivity index (χ1) is 16.1. The molecule has 7 nitrogen and oxygen atoms in total. The van der Waals surface area contributed by atoms with E-state index in [4.69, 9.17) is 9.47 Å². The lowest BCUT2D eigenvalue weighted by Crippen LogP contribution is -2.26. The van der Waals surface area contributed by atoms with Crippen LogP contribution in [0.1, 0.15) is 38.7 Å². The first-order valence-electron chi connectivity index (χ1n) is 11.0. The molecule has 33 heavy (non-hydrogen) atoms. The van der Waals surface area contributed by atoms with Gasteiger partial charge >= 0.3 is 5.56 Å². The van der Waals surface area contributed by atoms with E-state index in [0.29, 0.717) is 34.8 Å². The second-order valence-corrected chi connectivity index (χ2v) is 8.45. The maximum absolute atomic E-state index is 13.0. The van der Waals surface area contributed by atoms with Crippen molar-refractivity contribution in [3.05, 3.63) is 79.3 Å². The van der Waals surface area contributed by atoms with E-state index < -0.39 is 5.56 Å². The molecule has 2 heterocycles. The molecule has 0 unspecified atom stereocenters. The van der Waals surface area contributed by atoms with Crippen LogP contribution in [-0.2, 0) is 0 Å². The lowest BCUT2D eigenvalue weighted by Gasteiger charge is -2.12. The second-order valence-electron chi connectivity index (χ2n) is 7.44. The molecule has 0 bridgehead atoms. The Morgan fingerprint density at radius 1 is 1.00 bits per heavy atom. The molecule has 0 radical (unpaired) electrons. The zero-order chi connectivity index (χ0) is 23.2. The highest BCUT2D eigenvalue weighted by Crippen LogP contribution is 2.29. The lowest BCUT2D eigenvalue weighted by atomic mass is 10.2. The van der Waals surface area contributed by atoms with E-state index in [9.17, 15) is 9.59 Å². The van der Waals surface area contributed by atoms with Crippen LogP contribution < -0.4 is 25.1 Å². The highest BCUT2D eigenvalue weighted by atomic mass is 32.1. The smallest absolute Gasteiger partial charge is 0.300 e. The van der Waals surface area contributed by atoms with Gasteiger partial charge in [0.25, 0.3) is 5.56 Å². The van der Waals surface area contributed by atoms with Crippen LogP contribution in [0.15, 0.2) is 58.1 Å². The predicted molar refractivity (Wildman–Crippen MR) is 130 cm³/mol. The molecule has 0 aliphatic rings. The molecular weight excluding hydrogens is 438 g/mol. The Bertz CT molecular complexity index is 1410. The Morgan fingerprint density at radius 2 is 1.82 bits per heavy atom. The summed E-state index contributed by atoms with van der Waals surface area (Å²) in [5.74, 6) is 1.32. The molecule has 2 aromatic carbocycles. The molecule has 170 valence electrons. The second kappa shape index (κ2) is 10.4. The van der Waals surface area contributed by atoms with Gasteiger partial charge in [0.2, 0.25) is 4.96 Å². The van der Waals surface area contributed by atoms with Gasteiger partial charge in [-0.15, -0.1) is 0 Å². The van der Waals surface area contributed by atoms with Crippen LogP contribution in [0.4, 0.5) is 0 Å². The third-order valence-electron chi connectivity index (χ3n) is 5.00. The van der Waals surface area contributed by atoms with Crippen LogP contribution in [0.3, 0.4) is 0 Å². The number of rotatable bonds is 9.